The number of hydrogen-bond acceptors (Lipinski definition) is 7. The second-order valence-electron chi connectivity index (χ2n) is 6.50. The van der Waals surface area contributed by atoms with E-state index >= 15 is 0 Å². The van der Waals surface area contributed by atoms with Crippen LogP contribution < -0.4 is 5.32 Å². The molecule has 0 atom stereocenters. The van der Waals surface area contributed by atoms with Gasteiger partial charge in [0.2, 0.25) is 5.95 Å². The molecule has 10 nitrogen and oxygen atoms in total. The molecule has 4 aromatic rings. The van der Waals surface area contributed by atoms with E-state index in [1.54, 1.807) is 61.1 Å². The second kappa shape index (κ2) is 8.57. The van der Waals surface area contributed by atoms with Crippen molar-refractivity contribution in [2.75, 3.05) is 11.9 Å². The molecule has 0 radical (unpaired) electrons. The van der Waals surface area contributed by atoms with Crippen LogP contribution >= 0.6 is 0 Å². The SMILES string of the molecule is CCOC(=O)c1cnn(-c2ccc(C(=O)Nc3n[nH]c(-c4ccccn4)n3)cc2)c1C. The number of carbonyl (C=O) groups excluding carboxylic acids is 2. The van der Waals surface area contributed by atoms with E-state index in [1.807, 2.05) is 6.07 Å². The van der Waals surface area contributed by atoms with Crippen molar-refractivity contribution >= 4 is 17.8 Å². The Morgan fingerprint density at radius 3 is 2.68 bits per heavy atom. The number of nitrogens with one attached hydrogen (secondary N) is 2. The van der Waals surface area contributed by atoms with E-state index in [4.69, 9.17) is 4.74 Å². The first kappa shape index (κ1) is 20.0. The first-order valence-corrected chi connectivity index (χ1v) is 9.54. The maximum absolute atomic E-state index is 12.5. The van der Waals surface area contributed by atoms with Gasteiger partial charge in [0.1, 0.15) is 11.3 Å². The second-order valence-corrected chi connectivity index (χ2v) is 6.50. The van der Waals surface area contributed by atoms with Crippen molar-refractivity contribution in [2.24, 2.45) is 0 Å². The molecule has 2 N–H and O–H groups in total. The number of nitrogens with zero attached hydrogens (tertiary/aromatic N) is 5. The molecule has 0 bridgehead atoms. The van der Waals surface area contributed by atoms with Crippen molar-refractivity contribution in [3.8, 4) is 17.2 Å². The number of pyridine rings is 1. The van der Waals surface area contributed by atoms with E-state index in [0.29, 0.717) is 40.6 Å². The number of amides is 1. The van der Waals surface area contributed by atoms with E-state index in [1.165, 1.54) is 6.20 Å². The number of aromatic amines is 1. The molecule has 3 heterocycles. The molecule has 1 aromatic carbocycles. The van der Waals surface area contributed by atoms with Crippen LogP contribution in [-0.4, -0.2) is 48.4 Å². The Hall–Kier alpha value is -4.34. The number of benzene rings is 1. The summed E-state index contributed by atoms with van der Waals surface area (Å²) in [6.45, 7) is 3.82. The monoisotopic (exact) mass is 417 g/mol. The molecule has 10 heteroatoms. The Morgan fingerprint density at radius 2 is 1.97 bits per heavy atom. The van der Waals surface area contributed by atoms with Crippen molar-refractivity contribution in [3.05, 3.63) is 71.7 Å². The van der Waals surface area contributed by atoms with E-state index in [-0.39, 0.29) is 11.9 Å². The van der Waals surface area contributed by atoms with Gasteiger partial charge in [-0.1, -0.05) is 6.07 Å². The normalized spacial score (nSPS) is 10.6. The van der Waals surface area contributed by atoms with Crippen LogP contribution in [0.5, 0.6) is 0 Å². The van der Waals surface area contributed by atoms with Crippen LogP contribution in [0.3, 0.4) is 0 Å². The molecule has 156 valence electrons. The molecule has 0 spiro atoms. The molecule has 0 saturated heterocycles. The minimum Gasteiger partial charge on any atom is -0.462 e. The predicted molar refractivity (Wildman–Crippen MR) is 112 cm³/mol. The van der Waals surface area contributed by atoms with Crippen LogP contribution in [0, 0.1) is 6.92 Å². The average Bonchev–Trinajstić information content (AvgIpc) is 3.41. The smallest absolute Gasteiger partial charge is 0.341 e. The topological polar surface area (TPSA) is 128 Å². The highest BCUT2D eigenvalue weighted by atomic mass is 16.5. The number of anilines is 1. The molecule has 1 amide bonds. The lowest BCUT2D eigenvalue weighted by molar-refractivity contribution is 0.0525. The van der Waals surface area contributed by atoms with Gasteiger partial charge in [0.15, 0.2) is 5.82 Å². The number of rotatable bonds is 6. The Balaban J connectivity index is 1.47. The Morgan fingerprint density at radius 1 is 1.16 bits per heavy atom. The van der Waals surface area contributed by atoms with E-state index in [9.17, 15) is 9.59 Å². The highest BCUT2D eigenvalue weighted by Gasteiger charge is 2.17. The van der Waals surface area contributed by atoms with E-state index < -0.39 is 5.97 Å². The van der Waals surface area contributed by atoms with Crippen LogP contribution in [-0.2, 0) is 4.74 Å². The van der Waals surface area contributed by atoms with E-state index in [2.05, 4.69) is 30.6 Å². The number of carbonyl (C=O) groups is 2. The Kier molecular flexibility index (Phi) is 5.52. The van der Waals surface area contributed by atoms with E-state index in [0.717, 1.165) is 0 Å². The van der Waals surface area contributed by atoms with Crippen LogP contribution in [0.2, 0.25) is 0 Å². The van der Waals surface area contributed by atoms with Crippen molar-refractivity contribution in [1.29, 1.82) is 0 Å². The van der Waals surface area contributed by atoms with Gasteiger partial charge in [-0.05, 0) is 50.2 Å². The summed E-state index contributed by atoms with van der Waals surface area (Å²) in [6.07, 6.45) is 3.12. The first-order chi connectivity index (χ1) is 15.1. The van der Waals surface area contributed by atoms with Crippen molar-refractivity contribution in [2.45, 2.75) is 13.8 Å². The molecule has 0 aliphatic carbocycles. The number of ether oxygens (including phenoxy) is 1. The maximum Gasteiger partial charge on any atom is 0.341 e. The summed E-state index contributed by atoms with van der Waals surface area (Å²) in [4.78, 5) is 32.9. The highest BCUT2D eigenvalue weighted by Crippen LogP contribution is 2.17. The van der Waals surface area contributed by atoms with Gasteiger partial charge in [0.25, 0.3) is 5.91 Å². The minimum atomic E-state index is -0.418. The number of esters is 1. The predicted octanol–water partition coefficient (Wildman–Crippen LogP) is 2.79. The lowest BCUT2D eigenvalue weighted by atomic mass is 10.2. The van der Waals surface area contributed by atoms with Crippen LogP contribution in [0.4, 0.5) is 5.95 Å². The largest absolute Gasteiger partial charge is 0.462 e. The fourth-order valence-electron chi connectivity index (χ4n) is 2.94. The van der Waals surface area contributed by atoms with Gasteiger partial charge in [-0.3, -0.25) is 20.2 Å². The first-order valence-electron chi connectivity index (χ1n) is 9.54. The molecule has 0 fully saturated rings. The van der Waals surface area contributed by atoms with Gasteiger partial charge >= 0.3 is 5.97 Å². The van der Waals surface area contributed by atoms with Crippen molar-refractivity contribution in [3.63, 3.8) is 0 Å². The summed E-state index contributed by atoms with van der Waals surface area (Å²) in [5.74, 6) is -0.170. The molecular formula is C21H19N7O3. The number of H-pyrrole nitrogens is 1. The van der Waals surface area contributed by atoms with Gasteiger partial charge in [-0.25, -0.2) is 9.48 Å². The lowest BCUT2D eigenvalue weighted by Crippen LogP contribution is -2.13. The lowest BCUT2D eigenvalue weighted by Gasteiger charge is -2.07. The molecule has 0 aliphatic heterocycles. The Labute approximate surface area is 177 Å². The molecule has 0 unspecified atom stereocenters. The van der Waals surface area contributed by atoms with Crippen LogP contribution in [0.1, 0.15) is 33.3 Å². The standard InChI is InChI=1S/C21H19N7O3/c1-3-31-20(30)16-12-23-28(13(16)2)15-9-7-14(8-10-15)19(29)25-21-24-18(26-27-21)17-6-4-5-11-22-17/h4-12H,3H2,1-2H3,(H2,24,25,26,27,29). The average molecular weight is 417 g/mol. The zero-order valence-electron chi connectivity index (χ0n) is 16.9. The van der Waals surface area contributed by atoms with Crippen LogP contribution in [0.25, 0.3) is 17.2 Å². The minimum absolute atomic E-state index is 0.150. The molecule has 0 aliphatic rings. The summed E-state index contributed by atoms with van der Waals surface area (Å²) < 4.78 is 6.64. The fraction of sp³-hybridized carbons (Fsp3) is 0.143. The summed E-state index contributed by atoms with van der Waals surface area (Å²) in [5, 5.41) is 13.6. The Bertz CT molecular complexity index is 1210. The maximum atomic E-state index is 12.5. The summed E-state index contributed by atoms with van der Waals surface area (Å²) in [7, 11) is 0. The van der Waals surface area contributed by atoms with Crippen molar-refractivity contribution in [1.82, 2.24) is 29.9 Å². The summed E-state index contributed by atoms with van der Waals surface area (Å²) in [6, 6.07) is 12.2. The fourth-order valence-corrected chi connectivity index (χ4v) is 2.94. The van der Waals surface area contributed by atoms with Crippen LogP contribution in [0.15, 0.2) is 54.9 Å². The van der Waals surface area contributed by atoms with Gasteiger partial charge < -0.3 is 4.74 Å². The zero-order chi connectivity index (χ0) is 21.8. The number of hydrogen-bond donors (Lipinski definition) is 2. The quantitative estimate of drug-likeness (QED) is 0.462. The van der Waals surface area contributed by atoms with Gasteiger partial charge in [-0.15, -0.1) is 5.10 Å². The molecule has 4 rings (SSSR count). The zero-order valence-corrected chi connectivity index (χ0v) is 16.9. The molecule has 0 saturated carbocycles. The van der Waals surface area contributed by atoms with Gasteiger partial charge in [-0.2, -0.15) is 10.1 Å². The number of aromatic nitrogens is 6. The molecule has 3 aromatic heterocycles. The summed E-state index contributed by atoms with van der Waals surface area (Å²) in [5.41, 5.74) is 2.80. The summed E-state index contributed by atoms with van der Waals surface area (Å²) >= 11 is 0. The third-order valence-electron chi connectivity index (χ3n) is 4.50. The third-order valence-corrected chi connectivity index (χ3v) is 4.50. The third kappa shape index (κ3) is 4.17. The highest BCUT2D eigenvalue weighted by molar-refractivity contribution is 6.03. The molecular weight excluding hydrogens is 398 g/mol. The van der Waals surface area contributed by atoms with Gasteiger partial charge in [0.05, 0.1) is 24.2 Å². The van der Waals surface area contributed by atoms with Gasteiger partial charge in [0, 0.05) is 11.8 Å². The van der Waals surface area contributed by atoms with Crippen molar-refractivity contribution < 1.29 is 14.3 Å². The molecule has 31 heavy (non-hydrogen) atoms.